The Labute approximate surface area is 209 Å². The maximum atomic E-state index is 11.5. The highest BCUT2D eigenvalue weighted by atomic mass is 16.4. The monoisotopic (exact) mass is 504 g/mol. The topological polar surface area (TPSA) is 198 Å². The first-order valence-corrected chi connectivity index (χ1v) is 13.0. The SMILES string of the molecule is NNNNNNCCCCCCCCCCCCCC(CCCC(CCC(=O)O)C(=O)O)C(=O)O. The number of carboxylic acids is 3. The van der Waals surface area contributed by atoms with Crippen LogP contribution >= 0.6 is 0 Å². The van der Waals surface area contributed by atoms with Crippen LogP contribution < -0.4 is 33.4 Å². The zero-order chi connectivity index (χ0) is 26.2. The second-order valence-corrected chi connectivity index (χ2v) is 9.06. The predicted octanol–water partition coefficient (Wildman–Crippen LogP) is 2.59. The Morgan fingerprint density at radius 2 is 1.03 bits per heavy atom. The Hall–Kier alpha value is -1.83. The Balaban J connectivity index is 3.64. The molecule has 0 aromatic heterocycles. The molecule has 0 saturated carbocycles. The summed E-state index contributed by atoms with van der Waals surface area (Å²) in [5.41, 5.74) is 13.1. The summed E-state index contributed by atoms with van der Waals surface area (Å²) >= 11 is 0. The fraction of sp³-hybridized carbons (Fsp3) is 0.870. The molecule has 0 rings (SSSR count). The molecule has 0 aromatic rings. The molecule has 0 aliphatic heterocycles. The molecule has 12 heteroatoms. The molecule has 10 N–H and O–H groups in total. The zero-order valence-corrected chi connectivity index (χ0v) is 21.0. The van der Waals surface area contributed by atoms with Crippen molar-refractivity contribution >= 4 is 17.9 Å². The van der Waals surface area contributed by atoms with Crippen LogP contribution in [0.2, 0.25) is 0 Å². The lowest BCUT2D eigenvalue weighted by atomic mass is 9.91. The van der Waals surface area contributed by atoms with E-state index in [1.165, 1.54) is 44.9 Å². The van der Waals surface area contributed by atoms with E-state index in [1.807, 2.05) is 0 Å². The second-order valence-electron chi connectivity index (χ2n) is 9.06. The van der Waals surface area contributed by atoms with Crippen LogP contribution in [0.3, 0.4) is 0 Å². The second kappa shape index (κ2) is 23.9. The Morgan fingerprint density at radius 3 is 1.51 bits per heavy atom. The number of hydrogen-bond acceptors (Lipinski definition) is 9. The maximum absolute atomic E-state index is 11.5. The molecule has 0 amide bonds. The van der Waals surface area contributed by atoms with Crippen LogP contribution in [0.1, 0.15) is 109 Å². The molecule has 0 saturated heterocycles. The van der Waals surface area contributed by atoms with E-state index in [-0.39, 0.29) is 12.8 Å². The van der Waals surface area contributed by atoms with Gasteiger partial charge in [0.15, 0.2) is 0 Å². The largest absolute Gasteiger partial charge is 0.481 e. The van der Waals surface area contributed by atoms with Gasteiger partial charge >= 0.3 is 17.9 Å². The van der Waals surface area contributed by atoms with Crippen molar-refractivity contribution in [3.05, 3.63) is 0 Å². The van der Waals surface area contributed by atoms with Crippen molar-refractivity contribution in [1.82, 2.24) is 27.6 Å². The first-order chi connectivity index (χ1) is 16.9. The Bertz CT molecular complexity index is 555. The Morgan fingerprint density at radius 1 is 0.571 bits per heavy atom. The van der Waals surface area contributed by atoms with E-state index in [0.717, 1.165) is 32.2 Å². The molecule has 0 spiro atoms. The molecule has 12 nitrogen and oxygen atoms in total. The summed E-state index contributed by atoms with van der Waals surface area (Å²) in [6.07, 6.45) is 14.5. The summed E-state index contributed by atoms with van der Waals surface area (Å²) in [4.78, 5) is 33.4. The van der Waals surface area contributed by atoms with Gasteiger partial charge < -0.3 is 15.3 Å². The highest BCUT2D eigenvalue weighted by molar-refractivity contribution is 5.72. The van der Waals surface area contributed by atoms with Gasteiger partial charge in [-0.1, -0.05) is 70.6 Å². The zero-order valence-electron chi connectivity index (χ0n) is 21.0. The number of unbranched alkanes of at least 4 members (excludes halogenated alkanes) is 10. The first kappa shape index (κ1) is 33.2. The normalized spacial score (nSPS) is 12.9. The van der Waals surface area contributed by atoms with Crippen LogP contribution in [0, 0.1) is 11.8 Å². The third-order valence-corrected chi connectivity index (χ3v) is 6.15. The molecule has 0 fully saturated rings. The summed E-state index contributed by atoms with van der Waals surface area (Å²) < 4.78 is 0. The van der Waals surface area contributed by atoms with Crippen LogP contribution in [0.25, 0.3) is 0 Å². The standard InChI is InChI=1S/C23H48N6O6/c24-26-28-29-27-25-18-11-9-7-5-3-1-2-4-6-8-10-13-19(22(32)33)14-12-15-20(23(34)35)16-17-21(30)31/h19-20,25-29H,1-18,24H2,(H,30,31)(H,32,33)(H,34,35). The number of nitrogens with one attached hydrogen (secondary N) is 5. The number of carbonyl (C=O) groups is 3. The van der Waals surface area contributed by atoms with Gasteiger partial charge in [0.1, 0.15) is 0 Å². The summed E-state index contributed by atoms with van der Waals surface area (Å²) in [6, 6.07) is 0. The van der Waals surface area contributed by atoms with Gasteiger partial charge in [-0.3, -0.25) is 20.2 Å². The number of rotatable bonds is 27. The minimum absolute atomic E-state index is 0.0851. The summed E-state index contributed by atoms with van der Waals surface area (Å²) in [5, 5.41) is 27.4. The highest BCUT2D eigenvalue weighted by Gasteiger charge is 2.21. The van der Waals surface area contributed by atoms with Crippen molar-refractivity contribution in [2.45, 2.75) is 109 Å². The first-order valence-electron chi connectivity index (χ1n) is 13.0. The lowest BCUT2D eigenvalue weighted by Gasteiger charge is -2.15. The number of nitrogens with two attached hydrogens (primary N) is 1. The van der Waals surface area contributed by atoms with Crippen LogP contribution in [0.4, 0.5) is 0 Å². The van der Waals surface area contributed by atoms with Crippen molar-refractivity contribution in [2.24, 2.45) is 17.7 Å². The van der Waals surface area contributed by atoms with Gasteiger partial charge in [-0.25, -0.2) is 5.43 Å². The number of aliphatic carboxylic acids is 3. The van der Waals surface area contributed by atoms with E-state index >= 15 is 0 Å². The summed E-state index contributed by atoms with van der Waals surface area (Å²) in [6.45, 7) is 0.873. The number of carboxylic acid groups (broad SMARTS) is 3. The van der Waals surface area contributed by atoms with Crippen LogP contribution in [-0.2, 0) is 14.4 Å². The van der Waals surface area contributed by atoms with Gasteiger partial charge in [-0.2, -0.15) is 22.1 Å². The van der Waals surface area contributed by atoms with Gasteiger partial charge in [0, 0.05) is 13.0 Å². The molecule has 2 unspecified atom stereocenters. The molecular weight excluding hydrogens is 456 g/mol. The van der Waals surface area contributed by atoms with Crippen LogP contribution in [0.15, 0.2) is 0 Å². The average molecular weight is 505 g/mol. The predicted molar refractivity (Wildman–Crippen MR) is 133 cm³/mol. The van der Waals surface area contributed by atoms with Crippen molar-refractivity contribution < 1.29 is 29.7 Å². The minimum Gasteiger partial charge on any atom is -0.481 e. The smallest absolute Gasteiger partial charge is 0.306 e. The van der Waals surface area contributed by atoms with E-state index in [0.29, 0.717) is 25.7 Å². The van der Waals surface area contributed by atoms with Gasteiger partial charge in [0.05, 0.1) is 11.8 Å². The van der Waals surface area contributed by atoms with Gasteiger partial charge in [-0.15, -0.1) is 0 Å². The fourth-order valence-corrected chi connectivity index (χ4v) is 4.06. The number of hydrazine groups is 5. The number of hydrogen-bond donors (Lipinski definition) is 9. The van der Waals surface area contributed by atoms with Crippen LogP contribution in [0.5, 0.6) is 0 Å². The van der Waals surface area contributed by atoms with Crippen molar-refractivity contribution in [2.75, 3.05) is 6.54 Å². The molecule has 0 aliphatic carbocycles. The molecule has 35 heavy (non-hydrogen) atoms. The van der Waals surface area contributed by atoms with Crippen LogP contribution in [-0.4, -0.2) is 39.8 Å². The fourth-order valence-electron chi connectivity index (χ4n) is 4.06. The van der Waals surface area contributed by atoms with E-state index < -0.39 is 29.7 Å². The lowest BCUT2D eigenvalue weighted by molar-refractivity contribution is -0.143. The third-order valence-electron chi connectivity index (χ3n) is 6.15. The van der Waals surface area contributed by atoms with Crippen molar-refractivity contribution in [3.8, 4) is 0 Å². The van der Waals surface area contributed by atoms with Gasteiger partial charge in [-0.05, 0) is 32.1 Å². The van der Waals surface area contributed by atoms with Gasteiger partial charge in [0.25, 0.3) is 0 Å². The third kappa shape index (κ3) is 22.4. The van der Waals surface area contributed by atoms with Crippen molar-refractivity contribution in [3.63, 3.8) is 0 Å². The van der Waals surface area contributed by atoms with E-state index in [4.69, 9.17) is 10.9 Å². The molecule has 0 aliphatic rings. The van der Waals surface area contributed by atoms with E-state index in [2.05, 4.69) is 27.6 Å². The molecule has 0 radical (unpaired) electrons. The summed E-state index contributed by atoms with van der Waals surface area (Å²) in [7, 11) is 0. The van der Waals surface area contributed by atoms with E-state index in [1.54, 1.807) is 0 Å². The molecule has 0 heterocycles. The lowest BCUT2D eigenvalue weighted by Crippen LogP contribution is -2.57. The summed E-state index contributed by atoms with van der Waals surface area (Å²) in [5.74, 6) is 0.992. The maximum Gasteiger partial charge on any atom is 0.306 e. The highest BCUT2D eigenvalue weighted by Crippen LogP contribution is 2.22. The molecule has 0 bridgehead atoms. The minimum atomic E-state index is -1.01. The van der Waals surface area contributed by atoms with Gasteiger partial charge in [0.2, 0.25) is 0 Å². The molecule has 206 valence electrons. The molecule has 0 aromatic carbocycles. The van der Waals surface area contributed by atoms with Crippen molar-refractivity contribution in [1.29, 1.82) is 0 Å². The van der Waals surface area contributed by atoms with E-state index in [9.17, 15) is 24.6 Å². The Kier molecular flexibility index (Phi) is 22.6. The molecule has 2 atom stereocenters. The average Bonchev–Trinajstić information content (AvgIpc) is 2.81. The quantitative estimate of drug-likeness (QED) is 0.0451. The molecular formula is C23H48N6O6.